The second-order valence-corrected chi connectivity index (χ2v) is 5.23. The van der Waals surface area contributed by atoms with Gasteiger partial charge in [-0.15, -0.1) is 6.58 Å². The minimum Gasteiger partial charge on any atom is -0.480 e. The van der Waals surface area contributed by atoms with E-state index in [-0.39, 0.29) is 0 Å². The molecule has 2 atom stereocenters. The van der Waals surface area contributed by atoms with Crippen molar-refractivity contribution in [3.05, 3.63) is 12.7 Å². The van der Waals surface area contributed by atoms with Gasteiger partial charge in [-0.1, -0.05) is 33.8 Å². The number of halogens is 3. The Balaban J connectivity index is 5.25. The largest absolute Gasteiger partial charge is 0.480 e. The quantitative estimate of drug-likeness (QED) is 0.727. The molecule has 0 aromatic rings. The van der Waals surface area contributed by atoms with E-state index < -0.39 is 35.6 Å². The number of carboxylic acid groups (broad SMARTS) is 1. The summed E-state index contributed by atoms with van der Waals surface area (Å²) in [5.41, 5.74) is -1.29. The smallest absolute Gasteiger partial charge is 0.404 e. The highest BCUT2D eigenvalue weighted by Crippen LogP contribution is 2.35. The molecular weight excluding hydrogens is 247 g/mol. The first-order valence-corrected chi connectivity index (χ1v) is 5.62. The molecule has 0 spiro atoms. The Bertz CT molecular complexity index is 311. The van der Waals surface area contributed by atoms with E-state index in [2.05, 4.69) is 11.9 Å². The minimum atomic E-state index is -4.54. The predicted molar refractivity (Wildman–Crippen MR) is 63.2 cm³/mol. The summed E-state index contributed by atoms with van der Waals surface area (Å²) < 4.78 is 39.0. The first-order valence-electron chi connectivity index (χ1n) is 5.62. The second kappa shape index (κ2) is 5.73. The fraction of sp³-hybridized carbons (Fsp3) is 0.750. The molecular formula is C12H20F3NO2. The summed E-state index contributed by atoms with van der Waals surface area (Å²) in [6.45, 7) is 9.22. The maximum absolute atomic E-state index is 13.0. The highest BCUT2D eigenvalue weighted by Gasteiger charge is 2.49. The second-order valence-electron chi connectivity index (χ2n) is 5.23. The Hall–Kier alpha value is -1.04. The van der Waals surface area contributed by atoms with Crippen LogP contribution in [0.2, 0.25) is 0 Å². The van der Waals surface area contributed by atoms with Crippen LogP contribution < -0.4 is 5.32 Å². The van der Waals surface area contributed by atoms with Crippen molar-refractivity contribution in [2.24, 2.45) is 11.3 Å². The van der Waals surface area contributed by atoms with Gasteiger partial charge in [0.25, 0.3) is 0 Å². The molecule has 0 aliphatic heterocycles. The van der Waals surface area contributed by atoms with Gasteiger partial charge >= 0.3 is 12.1 Å². The van der Waals surface area contributed by atoms with Crippen LogP contribution in [0.3, 0.4) is 0 Å². The molecule has 0 unspecified atom stereocenters. The number of carboxylic acids is 1. The van der Waals surface area contributed by atoms with Crippen molar-refractivity contribution in [2.75, 3.05) is 0 Å². The van der Waals surface area contributed by atoms with Gasteiger partial charge in [-0.05, 0) is 5.92 Å². The molecule has 0 rings (SSSR count). The van der Waals surface area contributed by atoms with Crippen molar-refractivity contribution in [1.29, 1.82) is 0 Å². The predicted octanol–water partition coefficient (Wildman–Crippen LogP) is 2.83. The third-order valence-corrected chi connectivity index (χ3v) is 2.88. The Morgan fingerprint density at radius 2 is 1.78 bits per heavy atom. The summed E-state index contributed by atoms with van der Waals surface area (Å²) in [5.74, 6) is -1.74. The normalized spacial score (nSPS) is 16.4. The summed E-state index contributed by atoms with van der Waals surface area (Å²) in [5, 5.41) is 11.1. The maximum Gasteiger partial charge on any atom is 0.404 e. The van der Waals surface area contributed by atoms with Crippen LogP contribution in [-0.2, 0) is 4.79 Å². The van der Waals surface area contributed by atoms with Crippen LogP contribution in [0.25, 0.3) is 0 Å². The van der Waals surface area contributed by atoms with Crippen LogP contribution in [0.15, 0.2) is 12.7 Å². The summed E-state index contributed by atoms with van der Waals surface area (Å²) in [7, 11) is 0. The SMILES string of the molecule is C=CC(C)(C)[C@@H](N[C@H](C(=O)O)C(C)C)C(F)(F)F. The average molecular weight is 267 g/mol. The Labute approximate surface area is 105 Å². The number of hydrogen-bond donors (Lipinski definition) is 2. The first-order chi connectivity index (χ1) is 7.93. The van der Waals surface area contributed by atoms with E-state index in [9.17, 15) is 18.0 Å². The molecule has 2 N–H and O–H groups in total. The molecule has 0 bridgehead atoms. The van der Waals surface area contributed by atoms with Gasteiger partial charge in [-0.2, -0.15) is 13.2 Å². The van der Waals surface area contributed by atoms with Crippen LogP contribution in [0, 0.1) is 11.3 Å². The molecule has 106 valence electrons. The van der Waals surface area contributed by atoms with Gasteiger partial charge in [0.15, 0.2) is 0 Å². The zero-order valence-corrected chi connectivity index (χ0v) is 11.0. The summed E-state index contributed by atoms with van der Waals surface area (Å²) in [6, 6.07) is -3.21. The third kappa shape index (κ3) is 4.33. The molecule has 0 saturated heterocycles. The van der Waals surface area contributed by atoms with Crippen molar-refractivity contribution >= 4 is 5.97 Å². The van der Waals surface area contributed by atoms with E-state index in [1.165, 1.54) is 19.9 Å². The van der Waals surface area contributed by atoms with Crippen LogP contribution in [-0.4, -0.2) is 29.3 Å². The minimum absolute atomic E-state index is 0.451. The molecule has 0 aromatic heterocycles. The summed E-state index contributed by atoms with van der Waals surface area (Å²) >= 11 is 0. The van der Waals surface area contributed by atoms with E-state index in [4.69, 9.17) is 5.11 Å². The topological polar surface area (TPSA) is 49.3 Å². The maximum atomic E-state index is 13.0. The number of aliphatic carboxylic acids is 1. The lowest BCUT2D eigenvalue weighted by molar-refractivity contribution is -0.178. The third-order valence-electron chi connectivity index (χ3n) is 2.88. The van der Waals surface area contributed by atoms with Crippen LogP contribution >= 0.6 is 0 Å². The van der Waals surface area contributed by atoms with Gasteiger partial charge in [0, 0.05) is 5.41 Å². The van der Waals surface area contributed by atoms with E-state index in [0.29, 0.717) is 0 Å². The van der Waals surface area contributed by atoms with Gasteiger partial charge in [0.1, 0.15) is 12.1 Å². The van der Waals surface area contributed by atoms with Crippen LogP contribution in [0.1, 0.15) is 27.7 Å². The van der Waals surface area contributed by atoms with Crippen molar-refractivity contribution in [2.45, 2.75) is 46.0 Å². The van der Waals surface area contributed by atoms with E-state index in [1.54, 1.807) is 13.8 Å². The molecule has 0 radical (unpaired) electrons. The van der Waals surface area contributed by atoms with E-state index in [1.807, 2.05) is 0 Å². The molecule has 18 heavy (non-hydrogen) atoms. The molecule has 0 heterocycles. The molecule has 3 nitrogen and oxygen atoms in total. The molecule has 6 heteroatoms. The van der Waals surface area contributed by atoms with Crippen molar-refractivity contribution in [3.8, 4) is 0 Å². The van der Waals surface area contributed by atoms with Gasteiger partial charge in [-0.3, -0.25) is 10.1 Å². The molecule has 0 aliphatic carbocycles. The Kier molecular flexibility index (Phi) is 5.40. The summed E-state index contributed by atoms with van der Waals surface area (Å²) in [6.07, 6.45) is -3.36. The number of hydrogen-bond acceptors (Lipinski definition) is 2. The molecule has 0 amide bonds. The van der Waals surface area contributed by atoms with E-state index in [0.717, 1.165) is 0 Å². The number of alkyl halides is 3. The lowest BCUT2D eigenvalue weighted by Gasteiger charge is -2.36. The van der Waals surface area contributed by atoms with E-state index >= 15 is 0 Å². The Morgan fingerprint density at radius 3 is 2.00 bits per heavy atom. The number of rotatable bonds is 6. The first kappa shape index (κ1) is 17.0. The van der Waals surface area contributed by atoms with Crippen LogP contribution in [0.4, 0.5) is 13.2 Å². The van der Waals surface area contributed by atoms with Gasteiger partial charge in [0.05, 0.1) is 0 Å². The molecule has 0 saturated carbocycles. The fourth-order valence-corrected chi connectivity index (χ4v) is 1.58. The zero-order chi connectivity index (χ0) is 14.7. The van der Waals surface area contributed by atoms with Gasteiger partial charge < -0.3 is 5.11 Å². The van der Waals surface area contributed by atoms with Gasteiger partial charge in [-0.25, -0.2) is 0 Å². The summed E-state index contributed by atoms with van der Waals surface area (Å²) in [4.78, 5) is 11.0. The highest BCUT2D eigenvalue weighted by molar-refractivity contribution is 5.73. The fourth-order valence-electron chi connectivity index (χ4n) is 1.58. The Morgan fingerprint density at radius 1 is 1.33 bits per heavy atom. The average Bonchev–Trinajstić information content (AvgIpc) is 2.14. The number of carbonyl (C=O) groups is 1. The zero-order valence-electron chi connectivity index (χ0n) is 11.0. The molecule has 0 aliphatic rings. The lowest BCUT2D eigenvalue weighted by Crippen LogP contribution is -2.58. The van der Waals surface area contributed by atoms with Crippen molar-refractivity contribution in [3.63, 3.8) is 0 Å². The van der Waals surface area contributed by atoms with Crippen molar-refractivity contribution < 1.29 is 23.1 Å². The molecule has 0 aromatic carbocycles. The van der Waals surface area contributed by atoms with Gasteiger partial charge in [0.2, 0.25) is 0 Å². The van der Waals surface area contributed by atoms with Crippen LogP contribution in [0.5, 0.6) is 0 Å². The highest BCUT2D eigenvalue weighted by atomic mass is 19.4. The standard InChI is InChI=1S/C12H20F3NO2/c1-6-11(4,5)10(12(13,14)15)16-8(7(2)3)9(17)18/h6-8,10,16H,1H2,2-5H3,(H,17,18)/t8-,10+/m0/s1. The van der Waals surface area contributed by atoms with Crippen molar-refractivity contribution in [1.82, 2.24) is 5.32 Å². The lowest BCUT2D eigenvalue weighted by atomic mass is 9.83. The molecule has 0 fully saturated rings. The number of nitrogens with one attached hydrogen (secondary N) is 1. The monoisotopic (exact) mass is 267 g/mol.